The quantitative estimate of drug-likeness (QED) is 0.390. The normalized spacial score (nSPS) is 16.3. The summed E-state index contributed by atoms with van der Waals surface area (Å²) in [6.45, 7) is 5.04. The molecule has 4 rings (SSSR count). The molecule has 1 saturated heterocycles. The SMILES string of the molecule is Cc1cc([C@@H](C)Nc2ccc(Cl)nc2C(=O)O)c2nc(N3CCC(C)(C(F)(F)F)CC3)c(C#N)nc2c1. The van der Waals surface area contributed by atoms with Gasteiger partial charge in [-0.3, -0.25) is 0 Å². The first-order valence-corrected chi connectivity index (χ1v) is 11.9. The van der Waals surface area contributed by atoms with Crippen molar-refractivity contribution in [2.45, 2.75) is 45.8 Å². The Morgan fingerprint density at radius 2 is 1.92 bits per heavy atom. The van der Waals surface area contributed by atoms with E-state index >= 15 is 0 Å². The van der Waals surface area contributed by atoms with Crippen LogP contribution in [0.4, 0.5) is 24.7 Å². The number of pyridine rings is 1. The maximum atomic E-state index is 13.5. The molecule has 0 spiro atoms. The second-order valence-electron chi connectivity index (χ2n) is 9.48. The van der Waals surface area contributed by atoms with Crippen molar-refractivity contribution in [1.82, 2.24) is 15.0 Å². The highest BCUT2D eigenvalue weighted by atomic mass is 35.5. The lowest BCUT2D eigenvalue weighted by Gasteiger charge is -2.41. The van der Waals surface area contributed by atoms with Crippen molar-refractivity contribution in [3.05, 3.63) is 51.9 Å². The van der Waals surface area contributed by atoms with E-state index in [9.17, 15) is 28.3 Å². The zero-order valence-electron chi connectivity index (χ0n) is 20.3. The van der Waals surface area contributed by atoms with Crippen LogP contribution in [-0.4, -0.2) is 45.3 Å². The van der Waals surface area contributed by atoms with Crippen molar-refractivity contribution < 1.29 is 23.1 Å². The molecule has 0 aliphatic carbocycles. The summed E-state index contributed by atoms with van der Waals surface area (Å²) in [5.74, 6) is -1.01. The summed E-state index contributed by atoms with van der Waals surface area (Å²) in [7, 11) is 0. The van der Waals surface area contributed by atoms with Crippen molar-refractivity contribution in [1.29, 1.82) is 5.26 Å². The number of rotatable bonds is 5. The number of hydrogen-bond donors (Lipinski definition) is 2. The number of halogens is 4. The highest BCUT2D eigenvalue weighted by Gasteiger charge is 2.52. The van der Waals surface area contributed by atoms with Crippen LogP contribution in [0.25, 0.3) is 11.0 Å². The molecule has 0 unspecified atom stereocenters. The third-order valence-corrected chi connectivity index (χ3v) is 7.00. The van der Waals surface area contributed by atoms with Crippen LogP contribution < -0.4 is 10.2 Å². The molecule has 1 aliphatic rings. The van der Waals surface area contributed by atoms with E-state index in [2.05, 4.69) is 15.3 Å². The number of hydrogen-bond acceptors (Lipinski definition) is 7. The molecule has 3 heterocycles. The average Bonchev–Trinajstić information content (AvgIpc) is 2.83. The van der Waals surface area contributed by atoms with Crippen molar-refractivity contribution in [3.63, 3.8) is 0 Å². The number of anilines is 2. The molecule has 37 heavy (non-hydrogen) atoms. The molecule has 0 radical (unpaired) electrons. The monoisotopic (exact) mass is 532 g/mol. The number of aryl methyl sites for hydroxylation is 1. The molecular weight excluding hydrogens is 509 g/mol. The maximum absolute atomic E-state index is 13.5. The Bertz CT molecular complexity index is 1410. The minimum Gasteiger partial charge on any atom is -0.476 e. The van der Waals surface area contributed by atoms with E-state index in [1.54, 1.807) is 11.0 Å². The molecular formula is C25H24ClF3N6O2. The molecule has 1 aliphatic heterocycles. The van der Waals surface area contributed by atoms with Crippen LogP contribution in [-0.2, 0) is 0 Å². The molecule has 0 bridgehead atoms. The molecule has 1 fully saturated rings. The Labute approximate surface area is 216 Å². The summed E-state index contributed by atoms with van der Waals surface area (Å²) in [4.78, 5) is 26.4. The van der Waals surface area contributed by atoms with Gasteiger partial charge in [0.25, 0.3) is 0 Å². The van der Waals surface area contributed by atoms with Gasteiger partial charge in [0, 0.05) is 18.7 Å². The van der Waals surface area contributed by atoms with E-state index in [1.165, 1.54) is 19.1 Å². The molecule has 194 valence electrons. The molecule has 1 atom stereocenters. The van der Waals surface area contributed by atoms with Crippen molar-refractivity contribution in [3.8, 4) is 6.07 Å². The van der Waals surface area contributed by atoms with E-state index in [1.807, 2.05) is 26.0 Å². The van der Waals surface area contributed by atoms with Crippen LogP contribution in [0.3, 0.4) is 0 Å². The summed E-state index contributed by atoms with van der Waals surface area (Å²) in [6, 6.07) is 8.19. The van der Waals surface area contributed by atoms with Crippen LogP contribution >= 0.6 is 11.6 Å². The second-order valence-corrected chi connectivity index (χ2v) is 9.86. The van der Waals surface area contributed by atoms with E-state index < -0.39 is 23.6 Å². The standard InChI is InChI=1S/C25H24ClF3N6O2/c1-13-10-15(14(2)31-16-4-5-19(26)33-21(16)23(36)37)20-17(11-13)32-18(12-30)22(34-20)35-8-6-24(3,7-9-35)25(27,28)29/h4-5,10-11,14,31H,6-9H2,1-3H3,(H,36,37)/t14-/m1/s1. The van der Waals surface area contributed by atoms with Crippen molar-refractivity contribution in [2.24, 2.45) is 5.41 Å². The summed E-state index contributed by atoms with van der Waals surface area (Å²) in [6.07, 6.45) is -4.56. The van der Waals surface area contributed by atoms with Gasteiger partial charge in [0.2, 0.25) is 0 Å². The minimum absolute atomic E-state index is 0.0374. The first-order chi connectivity index (χ1) is 17.3. The fraction of sp³-hybridized carbons (Fsp3) is 0.400. The number of aromatic carboxylic acids is 1. The lowest BCUT2D eigenvalue weighted by molar-refractivity contribution is -0.224. The fourth-order valence-corrected chi connectivity index (χ4v) is 4.62. The Morgan fingerprint density at radius 1 is 1.24 bits per heavy atom. The zero-order chi connectivity index (χ0) is 27.1. The average molecular weight is 533 g/mol. The number of carboxylic acids is 1. The molecule has 2 N–H and O–H groups in total. The molecule has 8 nitrogen and oxygen atoms in total. The second kappa shape index (κ2) is 9.67. The highest BCUT2D eigenvalue weighted by Crippen LogP contribution is 2.46. The summed E-state index contributed by atoms with van der Waals surface area (Å²) in [5.41, 5.74) is 0.687. The Hall–Kier alpha value is -3.65. The molecule has 0 amide bonds. The number of benzene rings is 1. The van der Waals surface area contributed by atoms with Gasteiger partial charge in [-0.25, -0.2) is 19.7 Å². The number of nitrogens with one attached hydrogen (secondary N) is 1. The summed E-state index contributed by atoms with van der Waals surface area (Å²) in [5, 5.41) is 22.4. The van der Waals surface area contributed by atoms with Gasteiger partial charge in [0.05, 0.1) is 28.2 Å². The topological polar surface area (TPSA) is 115 Å². The number of aromatic nitrogens is 3. The van der Waals surface area contributed by atoms with E-state index in [4.69, 9.17) is 16.6 Å². The van der Waals surface area contributed by atoms with Crippen molar-refractivity contribution >= 4 is 40.1 Å². The van der Waals surface area contributed by atoms with Crippen LogP contribution in [0, 0.1) is 23.7 Å². The van der Waals surface area contributed by atoms with Crippen LogP contribution in [0.1, 0.15) is 60.0 Å². The van der Waals surface area contributed by atoms with E-state index in [0.717, 1.165) is 5.56 Å². The molecule has 0 saturated carbocycles. The van der Waals surface area contributed by atoms with Gasteiger partial charge >= 0.3 is 12.1 Å². The number of carbonyl (C=O) groups is 1. The smallest absolute Gasteiger partial charge is 0.394 e. The van der Waals surface area contributed by atoms with E-state index in [0.29, 0.717) is 16.6 Å². The lowest BCUT2D eigenvalue weighted by atomic mass is 9.79. The number of fused-ring (bicyclic) bond motifs is 1. The predicted molar refractivity (Wildman–Crippen MR) is 133 cm³/mol. The van der Waals surface area contributed by atoms with Gasteiger partial charge in [0.15, 0.2) is 17.2 Å². The zero-order valence-corrected chi connectivity index (χ0v) is 21.1. The van der Waals surface area contributed by atoms with Gasteiger partial charge in [0.1, 0.15) is 11.2 Å². The van der Waals surface area contributed by atoms with Crippen LogP contribution in [0.15, 0.2) is 24.3 Å². The first kappa shape index (κ1) is 26.4. The van der Waals surface area contributed by atoms with Gasteiger partial charge < -0.3 is 15.3 Å². The van der Waals surface area contributed by atoms with Gasteiger partial charge in [-0.1, -0.05) is 24.6 Å². The molecule has 12 heteroatoms. The lowest BCUT2D eigenvalue weighted by Crippen LogP contribution is -2.46. The van der Waals surface area contributed by atoms with Crippen LogP contribution in [0.2, 0.25) is 5.15 Å². The van der Waals surface area contributed by atoms with Crippen molar-refractivity contribution in [2.75, 3.05) is 23.3 Å². The third kappa shape index (κ3) is 5.11. The third-order valence-electron chi connectivity index (χ3n) is 6.78. The number of piperidine rings is 1. The van der Waals surface area contributed by atoms with Gasteiger partial charge in [-0.15, -0.1) is 0 Å². The fourth-order valence-electron chi connectivity index (χ4n) is 4.47. The Balaban J connectivity index is 1.74. The molecule has 3 aromatic rings. The molecule has 1 aromatic carbocycles. The highest BCUT2D eigenvalue weighted by molar-refractivity contribution is 6.29. The van der Waals surface area contributed by atoms with Gasteiger partial charge in [-0.2, -0.15) is 18.4 Å². The number of alkyl halides is 3. The predicted octanol–water partition coefficient (Wildman–Crippen LogP) is 5.90. The first-order valence-electron chi connectivity index (χ1n) is 11.5. The minimum atomic E-state index is -4.32. The van der Waals surface area contributed by atoms with E-state index in [-0.39, 0.29) is 54.0 Å². The summed E-state index contributed by atoms with van der Waals surface area (Å²) < 4.78 is 40.5. The van der Waals surface area contributed by atoms with Gasteiger partial charge in [-0.05, 0) is 50.5 Å². The Morgan fingerprint density at radius 3 is 2.51 bits per heavy atom. The number of carboxylic acid groups (broad SMARTS) is 1. The Kier molecular flexibility index (Phi) is 6.90. The number of nitriles is 1. The van der Waals surface area contributed by atoms with Crippen LogP contribution in [0.5, 0.6) is 0 Å². The maximum Gasteiger partial charge on any atom is 0.394 e. The largest absolute Gasteiger partial charge is 0.476 e. The number of nitrogens with zero attached hydrogens (tertiary/aromatic N) is 5. The summed E-state index contributed by atoms with van der Waals surface area (Å²) >= 11 is 5.86. The molecule has 2 aromatic heterocycles.